The van der Waals surface area contributed by atoms with Gasteiger partial charge >= 0.3 is 5.97 Å². The fourth-order valence-electron chi connectivity index (χ4n) is 0.948. The first-order valence-electron chi connectivity index (χ1n) is 3.93. The van der Waals surface area contributed by atoms with E-state index < -0.39 is 18.2 Å². The average molecular weight is 228 g/mol. The van der Waals surface area contributed by atoms with Crippen LogP contribution in [0.1, 0.15) is 26.5 Å². The topological polar surface area (TPSA) is 114 Å². The summed E-state index contributed by atoms with van der Waals surface area (Å²) >= 11 is 0.748. The summed E-state index contributed by atoms with van der Waals surface area (Å²) in [6.45, 7) is 1.48. The van der Waals surface area contributed by atoms with E-state index in [1.165, 1.54) is 13.0 Å². The Balaban J connectivity index is 3.03. The first-order chi connectivity index (χ1) is 6.97. The molecule has 7 heteroatoms. The number of thiazole rings is 1. The minimum atomic E-state index is -1.60. The SMILES string of the molecule is Cc1nc(C(O)C(O)C#N)sc1C(=O)O. The number of aromatic nitrogens is 1. The Morgan fingerprint density at radius 3 is 2.60 bits per heavy atom. The smallest absolute Gasteiger partial charge is 0.347 e. The van der Waals surface area contributed by atoms with Gasteiger partial charge in [-0.2, -0.15) is 5.26 Å². The van der Waals surface area contributed by atoms with E-state index in [4.69, 9.17) is 15.5 Å². The number of nitriles is 1. The summed E-state index contributed by atoms with van der Waals surface area (Å²) in [7, 11) is 0. The van der Waals surface area contributed by atoms with Crippen LogP contribution >= 0.6 is 11.3 Å². The molecule has 1 aromatic heterocycles. The molecule has 0 spiro atoms. The molecule has 6 nitrogen and oxygen atoms in total. The number of carboxylic acids is 1. The highest BCUT2D eigenvalue weighted by Crippen LogP contribution is 2.25. The van der Waals surface area contributed by atoms with Gasteiger partial charge in [0.05, 0.1) is 11.8 Å². The molecule has 2 unspecified atom stereocenters. The number of aliphatic hydroxyl groups is 2. The molecule has 80 valence electrons. The van der Waals surface area contributed by atoms with Crippen LogP contribution in [0.3, 0.4) is 0 Å². The van der Waals surface area contributed by atoms with Crippen LogP contribution in [0.2, 0.25) is 0 Å². The summed E-state index contributed by atoms with van der Waals surface area (Å²) in [6.07, 6.45) is -3.07. The van der Waals surface area contributed by atoms with Crippen molar-refractivity contribution in [3.05, 3.63) is 15.6 Å². The molecule has 0 aromatic carbocycles. The first-order valence-corrected chi connectivity index (χ1v) is 4.75. The van der Waals surface area contributed by atoms with E-state index in [0.717, 1.165) is 11.3 Å². The van der Waals surface area contributed by atoms with Crippen molar-refractivity contribution in [3.8, 4) is 6.07 Å². The third kappa shape index (κ3) is 2.30. The zero-order valence-electron chi connectivity index (χ0n) is 7.71. The third-order valence-corrected chi connectivity index (χ3v) is 2.91. The maximum atomic E-state index is 10.7. The lowest BCUT2D eigenvalue weighted by atomic mass is 10.2. The van der Waals surface area contributed by atoms with Gasteiger partial charge in [0.2, 0.25) is 0 Å². The first kappa shape index (κ1) is 11.6. The van der Waals surface area contributed by atoms with Gasteiger partial charge in [0.25, 0.3) is 0 Å². The molecular formula is C8H8N2O4S. The highest BCUT2D eigenvalue weighted by Gasteiger charge is 2.24. The van der Waals surface area contributed by atoms with Gasteiger partial charge in [-0.1, -0.05) is 0 Å². The normalized spacial score (nSPS) is 14.3. The number of aromatic carboxylic acids is 1. The van der Waals surface area contributed by atoms with Crippen LogP contribution in [0.5, 0.6) is 0 Å². The van der Waals surface area contributed by atoms with Crippen molar-refractivity contribution in [1.29, 1.82) is 5.26 Å². The number of nitrogens with zero attached hydrogens (tertiary/aromatic N) is 2. The van der Waals surface area contributed by atoms with E-state index in [1.807, 2.05) is 0 Å². The van der Waals surface area contributed by atoms with Gasteiger partial charge in [-0.05, 0) is 6.92 Å². The summed E-state index contributed by atoms with van der Waals surface area (Å²) in [5, 5.41) is 35.5. The molecule has 0 aliphatic rings. The van der Waals surface area contributed by atoms with Crippen molar-refractivity contribution in [2.45, 2.75) is 19.1 Å². The van der Waals surface area contributed by atoms with E-state index in [1.54, 1.807) is 0 Å². The Morgan fingerprint density at radius 2 is 2.20 bits per heavy atom. The van der Waals surface area contributed by atoms with Crippen molar-refractivity contribution >= 4 is 17.3 Å². The quantitative estimate of drug-likeness (QED) is 0.630. The standard InChI is InChI=1S/C8H8N2O4S/c1-3-6(8(13)14)15-7(10-3)5(12)4(11)2-9/h4-5,11-12H,1H3,(H,13,14). The van der Waals surface area contributed by atoms with Crippen LogP contribution in [0.4, 0.5) is 0 Å². The predicted octanol–water partition coefficient (Wildman–Crippen LogP) is 0.0676. The number of aryl methyl sites for hydroxylation is 1. The molecule has 0 aliphatic heterocycles. The lowest BCUT2D eigenvalue weighted by Gasteiger charge is -2.06. The predicted molar refractivity (Wildman–Crippen MR) is 50.4 cm³/mol. The molecule has 0 saturated heterocycles. The summed E-state index contributed by atoms with van der Waals surface area (Å²) in [6, 6.07) is 1.45. The van der Waals surface area contributed by atoms with Crippen molar-refractivity contribution in [2.75, 3.05) is 0 Å². The van der Waals surface area contributed by atoms with Gasteiger partial charge < -0.3 is 15.3 Å². The van der Waals surface area contributed by atoms with Gasteiger partial charge in [-0.3, -0.25) is 0 Å². The van der Waals surface area contributed by atoms with Crippen LogP contribution in [0, 0.1) is 18.3 Å². The van der Waals surface area contributed by atoms with Crippen LogP contribution in [-0.4, -0.2) is 32.4 Å². The minimum absolute atomic E-state index is 0.00538. The fraction of sp³-hybridized carbons (Fsp3) is 0.375. The average Bonchev–Trinajstić information content (AvgIpc) is 2.58. The largest absolute Gasteiger partial charge is 0.477 e. The van der Waals surface area contributed by atoms with Gasteiger partial charge in [0, 0.05) is 0 Å². The highest BCUT2D eigenvalue weighted by atomic mass is 32.1. The van der Waals surface area contributed by atoms with Gasteiger partial charge in [0.15, 0.2) is 6.10 Å². The van der Waals surface area contributed by atoms with E-state index in [2.05, 4.69) is 4.98 Å². The monoisotopic (exact) mass is 228 g/mol. The number of hydrogen-bond donors (Lipinski definition) is 3. The molecule has 1 aromatic rings. The highest BCUT2D eigenvalue weighted by molar-refractivity contribution is 7.13. The molecule has 0 bridgehead atoms. The summed E-state index contributed by atoms with van der Waals surface area (Å²) < 4.78 is 0. The Bertz CT molecular complexity index is 423. The molecule has 0 saturated carbocycles. The fourth-order valence-corrected chi connectivity index (χ4v) is 1.87. The second-order valence-electron chi connectivity index (χ2n) is 2.79. The minimum Gasteiger partial charge on any atom is -0.477 e. The molecular weight excluding hydrogens is 220 g/mol. The molecule has 0 radical (unpaired) electrons. The zero-order chi connectivity index (χ0) is 11.6. The van der Waals surface area contributed by atoms with E-state index in [9.17, 15) is 9.90 Å². The number of hydrogen-bond acceptors (Lipinski definition) is 6. The van der Waals surface area contributed by atoms with Crippen molar-refractivity contribution in [1.82, 2.24) is 4.98 Å². The number of carboxylic acid groups (broad SMARTS) is 1. The molecule has 0 aliphatic carbocycles. The van der Waals surface area contributed by atoms with E-state index in [0.29, 0.717) is 0 Å². The number of carbonyl (C=O) groups is 1. The van der Waals surface area contributed by atoms with Crippen LogP contribution in [0.15, 0.2) is 0 Å². The molecule has 0 fully saturated rings. The molecule has 0 amide bonds. The lowest BCUT2D eigenvalue weighted by Crippen LogP contribution is -2.15. The van der Waals surface area contributed by atoms with E-state index in [-0.39, 0.29) is 15.6 Å². The Labute approximate surface area is 89.1 Å². The Kier molecular flexibility index (Phi) is 3.36. The third-order valence-electron chi connectivity index (χ3n) is 1.69. The molecule has 2 atom stereocenters. The Hall–Kier alpha value is -1.49. The van der Waals surface area contributed by atoms with Crippen LogP contribution in [-0.2, 0) is 0 Å². The second-order valence-corrected chi connectivity index (χ2v) is 3.82. The number of rotatable bonds is 3. The lowest BCUT2D eigenvalue weighted by molar-refractivity contribution is 0.0525. The zero-order valence-corrected chi connectivity index (χ0v) is 8.52. The maximum Gasteiger partial charge on any atom is 0.347 e. The molecule has 3 N–H and O–H groups in total. The van der Waals surface area contributed by atoms with Gasteiger partial charge in [-0.25, -0.2) is 9.78 Å². The van der Waals surface area contributed by atoms with E-state index >= 15 is 0 Å². The van der Waals surface area contributed by atoms with Crippen molar-refractivity contribution < 1.29 is 20.1 Å². The van der Waals surface area contributed by atoms with Gasteiger partial charge in [0.1, 0.15) is 16.0 Å². The van der Waals surface area contributed by atoms with Crippen LogP contribution in [0.25, 0.3) is 0 Å². The Morgan fingerprint density at radius 1 is 1.60 bits per heavy atom. The van der Waals surface area contributed by atoms with Crippen molar-refractivity contribution in [3.63, 3.8) is 0 Å². The summed E-state index contributed by atoms with van der Waals surface area (Å²) in [5.74, 6) is -1.14. The molecule has 1 rings (SSSR count). The second kappa shape index (κ2) is 4.35. The number of aliphatic hydroxyl groups excluding tert-OH is 2. The van der Waals surface area contributed by atoms with Gasteiger partial charge in [-0.15, -0.1) is 11.3 Å². The summed E-state index contributed by atoms with van der Waals surface area (Å²) in [4.78, 5) is 14.4. The summed E-state index contributed by atoms with van der Waals surface area (Å²) in [5.41, 5.74) is 0.256. The van der Waals surface area contributed by atoms with Crippen molar-refractivity contribution in [2.24, 2.45) is 0 Å². The molecule has 1 heterocycles. The molecule has 15 heavy (non-hydrogen) atoms. The van der Waals surface area contributed by atoms with Crippen LogP contribution < -0.4 is 0 Å². The maximum absolute atomic E-state index is 10.7.